The highest BCUT2D eigenvalue weighted by atomic mass is 32.2. The number of hydrogen-bond acceptors (Lipinski definition) is 4. The van der Waals surface area contributed by atoms with Crippen LogP contribution < -0.4 is 0 Å². The van der Waals surface area contributed by atoms with E-state index in [9.17, 15) is 12.8 Å². The summed E-state index contributed by atoms with van der Waals surface area (Å²) in [4.78, 5) is 4.21. The van der Waals surface area contributed by atoms with Gasteiger partial charge in [0.25, 0.3) is 10.0 Å². The van der Waals surface area contributed by atoms with E-state index in [0.29, 0.717) is 30.1 Å². The molecule has 3 aromatic rings. The van der Waals surface area contributed by atoms with Crippen LogP contribution in [0.1, 0.15) is 11.1 Å². The van der Waals surface area contributed by atoms with Gasteiger partial charge in [-0.15, -0.1) is 11.3 Å². The third kappa shape index (κ3) is 3.10. The number of halogens is 1. The van der Waals surface area contributed by atoms with Crippen molar-refractivity contribution in [1.82, 2.24) is 9.29 Å². The molecule has 0 unspecified atom stereocenters. The molecule has 128 valence electrons. The van der Waals surface area contributed by atoms with Crippen LogP contribution in [0.5, 0.6) is 0 Å². The summed E-state index contributed by atoms with van der Waals surface area (Å²) in [5.41, 5.74) is 2.95. The topological polar surface area (TPSA) is 50.3 Å². The summed E-state index contributed by atoms with van der Waals surface area (Å²) in [6.45, 7) is 0.839. The SMILES string of the molecule is O=S(=O)(c1cnc(-c2ccc(F)cc2)s1)N1CCc2ccccc2C1. The predicted octanol–water partition coefficient (Wildman–Crippen LogP) is 3.70. The first-order valence-corrected chi connectivity index (χ1v) is 10.1. The summed E-state index contributed by atoms with van der Waals surface area (Å²) in [5, 5.41) is 0.566. The van der Waals surface area contributed by atoms with Crippen molar-refractivity contribution in [3.05, 3.63) is 71.7 Å². The number of hydrogen-bond donors (Lipinski definition) is 0. The summed E-state index contributed by atoms with van der Waals surface area (Å²) >= 11 is 1.11. The van der Waals surface area contributed by atoms with Gasteiger partial charge < -0.3 is 0 Å². The molecule has 0 radical (unpaired) electrons. The van der Waals surface area contributed by atoms with E-state index in [1.54, 1.807) is 12.1 Å². The molecule has 0 atom stereocenters. The lowest BCUT2D eigenvalue weighted by Crippen LogP contribution is -2.35. The number of thiazole rings is 1. The molecule has 2 aromatic carbocycles. The minimum absolute atomic E-state index is 0.214. The first kappa shape index (κ1) is 16.4. The van der Waals surface area contributed by atoms with Gasteiger partial charge in [-0.1, -0.05) is 24.3 Å². The molecule has 0 aliphatic carbocycles. The molecule has 4 rings (SSSR count). The fourth-order valence-corrected chi connectivity index (χ4v) is 5.62. The summed E-state index contributed by atoms with van der Waals surface area (Å²) < 4.78 is 40.6. The van der Waals surface area contributed by atoms with Crippen molar-refractivity contribution >= 4 is 21.4 Å². The Morgan fingerprint density at radius 2 is 1.76 bits per heavy atom. The maximum atomic E-state index is 13.0. The third-order valence-corrected chi connectivity index (χ3v) is 7.59. The van der Waals surface area contributed by atoms with Crippen LogP contribution in [0.3, 0.4) is 0 Å². The number of benzene rings is 2. The van der Waals surface area contributed by atoms with Crippen LogP contribution in [-0.2, 0) is 23.0 Å². The zero-order valence-corrected chi connectivity index (χ0v) is 14.9. The molecule has 0 fully saturated rings. The normalized spacial score (nSPS) is 15.1. The molecular formula is C18H15FN2O2S2. The summed E-state index contributed by atoms with van der Waals surface area (Å²) in [5.74, 6) is -0.333. The van der Waals surface area contributed by atoms with Gasteiger partial charge in [0.2, 0.25) is 0 Å². The Morgan fingerprint density at radius 3 is 2.52 bits per heavy atom. The standard InChI is InChI=1S/C18H15FN2O2S2/c19-16-7-5-14(6-8-16)18-20-11-17(24-18)25(22,23)21-10-9-13-3-1-2-4-15(13)12-21/h1-8,11H,9-10,12H2. The van der Waals surface area contributed by atoms with Gasteiger partial charge in [-0.3, -0.25) is 0 Å². The summed E-state index contributed by atoms with van der Waals surface area (Å²) in [7, 11) is -3.58. The Kier molecular flexibility index (Phi) is 4.15. The molecule has 0 amide bonds. The van der Waals surface area contributed by atoms with Gasteiger partial charge in [-0.25, -0.2) is 17.8 Å². The lowest BCUT2D eigenvalue weighted by molar-refractivity contribution is 0.392. The molecule has 2 heterocycles. The zero-order valence-electron chi connectivity index (χ0n) is 13.2. The van der Waals surface area contributed by atoms with E-state index in [2.05, 4.69) is 4.98 Å². The Morgan fingerprint density at radius 1 is 1.04 bits per heavy atom. The third-order valence-electron chi connectivity index (χ3n) is 4.27. The number of fused-ring (bicyclic) bond motifs is 1. The molecule has 0 spiro atoms. The number of rotatable bonds is 3. The fraction of sp³-hybridized carbons (Fsp3) is 0.167. The van der Waals surface area contributed by atoms with E-state index >= 15 is 0 Å². The van der Waals surface area contributed by atoms with Crippen LogP contribution in [-0.4, -0.2) is 24.3 Å². The first-order valence-electron chi connectivity index (χ1n) is 7.83. The summed E-state index contributed by atoms with van der Waals surface area (Å²) in [6.07, 6.45) is 2.10. The van der Waals surface area contributed by atoms with Crippen LogP contribution >= 0.6 is 11.3 Å². The quantitative estimate of drug-likeness (QED) is 0.702. The van der Waals surface area contributed by atoms with Crippen LogP contribution in [0.15, 0.2) is 58.9 Å². The molecule has 1 aliphatic rings. The zero-order chi connectivity index (χ0) is 17.4. The average molecular weight is 374 g/mol. The van der Waals surface area contributed by atoms with Crippen molar-refractivity contribution in [1.29, 1.82) is 0 Å². The first-order chi connectivity index (χ1) is 12.0. The highest BCUT2D eigenvalue weighted by Crippen LogP contribution is 2.32. The smallest absolute Gasteiger partial charge is 0.243 e. The Balaban J connectivity index is 1.62. The maximum absolute atomic E-state index is 13.0. The fourth-order valence-electron chi connectivity index (χ4n) is 2.91. The molecular weight excluding hydrogens is 359 g/mol. The van der Waals surface area contributed by atoms with E-state index in [-0.39, 0.29) is 10.0 Å². The van der Waals surface area contributed by atoms with Gasteiger partial charge in [-0.05, 0) is 41.8 Å². The van der Waals surface area contributed by atoms with Crippen LogP contribution in [0.25, 0.3) is 10.6 Å². The van der Waals surface area contributed by atoms with Crippen LogP contribution in [0.2, 0.25) is 0 Å². The Hall–Kier alpha value is -2.09. The number of sulfonamides is 1. The summed E-state index contributed by atoms with van der Waals surface area (Å²) in [6, 6.07) is 13.8. The van der Waals surface area contributed by atoms with Gasteiger partial charge in [0.1, 0.15) is 10.8 Å². The molecule has 7 heteroatoms. The Labute approximate surface area is 149 Å². The van der Waals surface area contributed by atoms with Crippen molar-refractivity contribution in [2.24, 2.45) is 0 Å². The molecule has 1 aromatic heterocycles. The lowest BCUT2D eigenvalue weighted by atomic mass is 10.0. The van der Waals surface area contributed by atoms with Crippen molar-refractivity contribution in [2.75, 3.05) is 6.54 Å². The molecule has 1 aliphatic heterocycles. The van der Waals surface area contributed by atoms with E-state index in [0.717, 1.165) is 16.9 Å². The van der Waals surface area contributed by atoms with Gasteiger partial charge in [0, 0.05) is 18.7 Å². The highest BCUT2D eigenvalue weighted by molar-refractivity contribution is 7.91. The molecule has 0 N–H and O–H groups in total. The van der Waals surface area contributed by atoms with Gasteiger partial charge in [-0.2, -0.15) is 4.31 Å². The largest absolute Gasteiger partial charge is 0.254 e. The second-order valence-corrected chi connectivity index (χ2v) is 9.04. The van der Waals surface area contributed by atoms with Crippen LogP contribution in [0, 0.1) is 5.82 Å². The van der Waals surface area contributed by atoms with Crippen molar-refractivity contribution in [2.45, 2.75) is 17.2 Å². The van der Waals surface area contributed by atoms with Gasteiger partial charge in [0.05, 0.1) is 6.20 Å². The van der Waals surface area contributed by atoms with E-state index in [1.165, 1.54) is 28.2 Å². The highest BCUT2D eigenvalue weighted by Gasteiger charge is 2.30. The minimum atomic E-state index is -3.58. The number of nitrogens with zero attached hydrogens (tertiary/aromatic N) is 2. The van der Waals surface area contributed by atoms with Gasteiger partial charge >= 0.3 is 0 Å². The van der Waals surface area contributed by atoms with Gasteiger partial charge in [0.15, 0.2) is 4.21 Å². The minimum Gasteiger partial charge on any atom is -0.243 e. The second kappa shape index (κ2) is 6.33. The van der Waals surface area contributed by atoms with E-state index < -0.39 is 10.0 Å². The average Bonchev–Trinajstić information content (AvgIpc) is 3.13. The molecule has 0 saturated carbocycles. The van der Waals surface area contributed by atoms with E-state index in [1.807, 2.05) is 24.3 Å². The molecule has 4 nitrogen and oxygen atoms in total. The molecule has 25 heavy (non-hydrogen) atoms. The maximum Gasteiger partial charge on any atom is 0.254 e. The Bertz CT molecular complexity index is 1010. The van der Waals surface area contributed by atoms with Crippen molar-refractivity contribution < 1.29 is 12.8 Å². The van der Waals surface area contributed by atoms with E-state index in [4.69, 9.17) is 0 Å². The van der Waals surface area contributed by atoms with Crippen molar-refractivity contribution in [3.8, 4) is 10.6 Å². The van der Waals surface area contributed by atoms with Crippen molar-refractivity contribution in [3.63, 3.8) is 0 Å². The second-order valence-electron chi connectivity index (χ2n) is 5.85. The predicted molar refractivity (Wildman–Crippen MR) is 95.2 cm³/mol. The van der Waals surface area contributed by atoms with Crippen LogP contribution in [0.4, 0.5) is 4.39 Å². The molecule has 0 bridgehead atoms. The number of aromatic nitrogens is 1. The molecule has 0 saturated heterocycles. The monoisotopic (exact) mass is 374 g/mol. The lowest BCUT2D eigenvalue weighted by Gasteiger charge is -2.27.